The summed E-state index contributed by atoms with van der Waals surface area (Å²) >= 11 is 1.60. The predicted octanol–water partition coefficient (Wildman–Crippen LogP) is 3.65. The molecule has 0 spiro atoms. The zero-order valence-corrected chi connectivity index (χ0v) is 16.6. The maximum atomic E-state index is 13.4. The monoisotopic (exact) mass is 407 g/mol. The second kappa shape index (κ2) is 7.04. The molecule has 1 saturated heterocycles. The molecule has 0 N–H and O–H groups in total. The molecule has 0 atom stereocenters. The van der Waals surface area contributed by atoms with E-state index >= 15 is 0 Å². The number of carbonyl (C=O) groups is 1. The van der Waals surface area contributed by atoms with E-state index in [0.717, 1.165) is 21.4 Å². The molecule has 1 fully saturated rings. The van der Waals surface area contributed by atoms with Crippen LogP contribution in [0.4, 0.5) is 10.2 Å². The highest BCUT2D eigenvalue weighted by Gasteiger charge is 2.25. The molecule has 0 saturated carbocycles. The second-order valence-electron chi connectivity index (χ2n) is 7.07. The Hall–Kier alpha value is -3.13. The third-order valence-electron chi connectivity index (χ3n) is 5.31. The molecule has 5 rings (SSSR count). The van der Waals surface area contributed by atoms with E-state index in [1.54, 1.807) is 30.7 Å². The van der Waals surface area contributed by atoms with Gasteiger partial charge in [0.15, 0.2) is 0 Å². The number of aryl methyl sites for hydroxylation is 1. The van der Waals surface area contributed by atoms with Gasteiger partial charge in [-0.1, -0.05) is 0 Å². The van der Waals surface area contributed by atoms with Crippen LogP contribution in [-0.4, -0.2) is 51.9 Å². The molecule has 29 heavy (non-hydrogen) atoms. The van der Waals surface area contributed by atoms with Crippen LogP contribution in [0.3, 0.4) is 0 Å². The molecule has 1 aliphatic heterocycles. The fraction of sp³-hybridized carbons (Fsp3) is 0.238. The van der Waals surface area contributed by atoms with Crippen molar-refractivity contribution < 1.29 is 9.18 Å². The molecule has 6 nitrogen and oxygen atoms in total. The van der Waals surface area contributed by atoms with Crippen molar-refractivity contribution in [3.8, 4) is 0 Å². The Kier molecular flexibility index (Phi) is 4.35. The second-order valence-corrected chi connectivity index (χ2v) is 7.97. The zero-order chi connectivity index (χ0) is 20.0. The number of carbonyl (C=O) groups excluding carboxylic acids is 1. The summed E-state index contributed by atoms with van der Waals surface area (Å²) in [6.07, 6.45) is 1.60. The van der Waals surface area contributed by atoms with E-state index in [-0.39, 0.29) is 11.7 Å². The first-order valence-electron chi connectivity index (χ1n) is 9.39. The highest BCUT2D eigenvalue weighted by atomic mass is 32.1. The molecule has 4 heterocycles. The van der Waals surface area contributed by atoms with Crippen molar-refractivity contribution in [2.24, 2.45) is 0 Å². The minimum absolute atomic E-state index is 0.0377. The number of pyridine rings is 1. The number of piperazine rings is 1. The number of nitrogens with zero attached hydrogens (tertiary/aromatic N) is 5. The van der Waals surface area contributed by atoms with E-state index < -0.39 is 0 Å². The van der Waals surface area contributed by atoms with Crippen LogP contribution in [0.2, 0.25) is 0 Å². The van der Waals surface area contributed by atoms with Gasteiger partial charge in [0.25, 0.3) is 5.91 Å². The van der Waals surface area contributed by atoms with Crippen LogP contribution < -0.4 is 4.90 Å². The number of benzene rings is 1. The minimum Gasteiger partial charge on any atom is -0.352 e. The highest BCUT2D eigenvalue weighted by Crippen LogP contribution is 2.28. The standard InChI is InChI=1S/C21H18FN5OS/c1-13-17(10-14-2-3-15(22)11-18(14)25-13)21(28)27-7-5-26(6-8-27)19-16-4-9-29-20(16)24-12-23-19/h2-4,9-12H,5-8H2,1H3. The van der Waals surface area contributed by atoms with Crippen molar-refractivity contribution in [3.63, 3.8) is 0 Å². The maximum absolute atomic E-state index is 13.4. The van der Waals surface area contributed by atoms with Crippen LogP contribution in [-0.2, 0) is 0 Å². The number of hydrogen-bond acceptors (Lipinski definition) is 6. The molecule has 0 bridgehead atoms. The predicted molar refractivity (Wildman–Crippen MR) is 112 cm³/mol. The van der Waals surface area contributed by atoms with Gasteiger partial charge in [-0.3, -0.25) is 9.78 Å². The average Bonchev–Trinajstić information content (AvgIpc) is 3.22. The molecule has 1 aliphatic rings. The number of rotatable bonds is 2. The number of halogens is 1. The van der Waals surface area contributed by atoms with Crippen molar-refractivity contribution in [1.29, 1.82) is 0 Å². The van der Waals surface area contributed by atoms with Gasteiger partial charge in [-0.25, -0.2) is 14.4 Å². The van der Waals surface area contributed by atoms with Crippen LogP contribution >= 0.6 is 11.3 Å². The highest BCUT2D eigenvalue weighted by molar-refractivity contribution is 7.16. The largest absolute Gasteiger partial charge is 0.352 e. The van der Waals surface area contributed by atoms with Crippen LogP contribution in [0.25, 0.3) is 21.1 Å². The summed E-state index contributed by atoms with van der Waals surface area (Å²) in [6, 6.07) is 8.29. The molecular weight excluding hydrogens is 389 g/mol. The lowest BCUT2D eigenvalue weighted by atomic mass is 10.1. The lowest BCUT2D eigenvalue weighted by Gasteiger charge is -2.35. The van der Waals surface area contributed by atoms with Gasteiger partial charge >= 0.3 is 0 Å². The van der Waals surface area contributed by atoms with E-state index in [4.69, 9.17) is 0 Å². The van der Waals surface area contributed by atoms with Crippen LogP contribution in [0.5, 0.6) is 0 Å². The zero-order valence-electron chi connectivity index (χ0n) is 15.8. The lowest BCUT2D eigenvalue weighted by molar-refractivity contribution is 0.0745. The van der Waals surface area contributed by atoms with Gasteiger partial charge in [0, 0.05) is 37.6 Å². The molecule has 8 heteroatoms. The SMILES string of the molecule is Cc1nc2cc(F)ccc2cc1C(=O)N1CCN(c2ncnc3sccc23)CC1. The lowest BCUT2D eigenvalue weighted by Crippen LogP contribution is -2.49. The molecule has 0 unspecified atom stereocenters. The van der Waals surface area contributed by atoms with E-state index in [2.05, 4.69) is 19.9 Å². The summed E-state index contributed by atoms with van der Waals surface area (Å²) in [4.78, 5) is 31.3. The van der Waals surface area contributed by atoms with E-state index in [9.17, 15) is 9.18 Å². The summed E-state index contributed by atoms with van der Waals surface area (Å²) in [7, 11) is 0. The Balaban J connectivity index is 1.36. The summed E-state index contributed by atoms with van der Waals surface area (Å²) < 4.78 is 13.4. The third kappa shape index (κ3) is 3.19. The quantitative estimate of drug-likeness (QED) is 0.508. The fourth-order valence-electron chi connectivity index (χ4n) is 3.77. The maximum Gasteiger partial charge on any atom is 0.255 e. The molecule has 1 amide bonds. The summed E-state index contributed by atoms with van der Waals surface area (Å²) in [5.41, 5.74) is 1.75. The van der Waals surface area contributed by atoms with Crippen molar-refractivity contribution in [1.82, 2.24) is 19.9 Å². The first-order valence-corrected chi connectivity index (χ1v) is 10.3. The first kappa shape index (κ1) is 17.9. The number of hydrogen-bond donors (Lipinski definition) is 0. The van der Waals surface area contributed by atoms with Crippen molar-refractivity contribution in [2.75, 3.05) is 31.1 Å². The topological polar surface area (TPSA) is 62.2 Å². The number of anilines is 1. The van der Waals surface area contributed by atoms with Gasteiger partial charge in [0.2, 0.25) is 0 Å². The van der Waals surface area contributed by atoms with Gasteiger partial charge in [-0.05, 0) is 36.6 Å². The van der Waals surface area contributed by atoms with Crippen molar-refractivity contribution >= 4 is 44.2 Å². The van der Waals surface area contributed by atoms with Gasteiger partial charge < -0.3 is 9.80 Å². The summed E-state index contributed by atoms with van der Waals surface area (Å²) in [6.45, 7) is 4.42. The number of thiophene rings is 1. The molecular formula is C21H18FN5OS. The summed E-state index contributed by atoms with van der Waals surface area (Å²) in [5, 5.41) is 3.84. The van der Waals surface area contributed by atoms with E-state index in [1.165, 1.54) is 12.1 Å². The Labute approximate surface area is 170 Å². The van der Waals surface area contributed by atoms with Gasteiger partial charge in [0.05, 0.1) is 22.2 Å². The molecule has 4 aromatic rings. The third-order valence-corrected chi connectivity index (χ3v) is 6.13. The number of amides is 1. The van der Waals surface area contributed by atoms with Crippen LogP contribution in [0.15, 0.2) is 42.0 Å². The minimum atomic E-state index is -0.330. The van der Waals surface area contributed by atoms with Crippen LogP contribution in [0, 0.1) is 12.7 Å². The molecule has 146 valence electrons. The van der Waals surface area contributed by atoms with Gasteiger partial charge in [-0.15, -0.1) is 11.3 Å². The Bertz CT molecular complexity index is 1230. The Morgan fingerprint density at radius 1 is 1.10 bits per heavy atom. The van der Waals surface area contributed by atoms with Gasteiger partial charge in [-0.2, -0.15) is 0 Å². The molecule has 0 aliphatic carbocycles. The van der Waals surface area contributed by atoms with Crippen molar-refractivity contribution in [3.05, 3.63) is 59.1 Å². The number of aromatic nitrogens is 3. The normalized spacial score (nSPS) is 14.7. The van der Waals surface area contributed by atoms with Gasteiger partial charge in [0.1, 0.15) is 22.8 Å². The van der Waals surface area contributed by atoms with E-state index in [0.29, 0.717) is 43.0 Å². The molecule has 0 radical (unpaired) electrons. The average molecular weight is 407 g/mol. The summed E-state index contributed by atoms with van der Waals surface area (Å²) in [5.74, 6) is 0.558. The Morgan fingerprint density at radius 3 is 2.76 bits per heavy atom. The van der Waals surface area contributed by atoms with E-state index in [1.807, 2.05) is 22.4 Å². The van der Waals surface area contributed by atoms with Crippen molar-refractivity contribution in [2.45, 2.75) is 6.92 Å². The molecule has 3 aromatic heterocycles. The fourth-order valence-corrected chi connectivity index (χ4v) is 4.50. The first-order chi connectivity index (χ1) is 14.1. The van der Waals surface area contributed by atoms with Crippen LogP contribution in [0.1, 0.15) is 16.1 Å². The smallest absolute Gasteiger partial charge is 0.255 e. The number of fused-ring (bicyclic) bond motifs is 2. The Morgan fingerprint density at radius 2 is 1.93 bits per heavy atom. The molecule has 1 aromatic carbocycles.